The second-order valence-corrected chi connectivity index (χ2v) is 3.11. The van der Waals surface area contributed by atoms with Crippen LogP contribution in [0, 0.1) is 10.1 Å². The molecule has 1 aromatic carbocycles. The minimum atomic E-state index is -1.16. The van der Waals surface area contributed by atoms with Gasteiger partial charge in [-0.25, -0.2) is 0 Å². The lowest BCUT2D eigenvalue weighted by atomic mass is 9.95. The molecule has 0 unspecified atom stereocenters. The van der Waals surface area contributed by atoms with Crippen LogP contribution in [0.5, 0.6) is 0 Å². The normalized spacial score (nSPS) is 14.4. The monoisotopic (exact) mass is 193 g/mol. The first kappa shape index (κ1) is 10.4. The van der Waals surface area contributed by atoms with Crippen molar-refractivity contribution in [2.24, 2.45) is 0 Å². The average Bonchev–Trinajstić information content (AvgIpc) is 2.19. The Hall–Kier alpha value is -1.71. The number of carbonyl (C=O) groups is 1. The van der Waals surface area contributed by atoms with Crippen LogP contribution in [0.15, 0.2) is 30.3 Å². The Morgan fingerprint density at radius 1 is 1.36 bits per heavy atom. The lowest BCUT2D eigenvalue weighted by Crippen LogP contribution is -2.27. The molecule has 0 heterocycles. The van der Waals surface area contributed by atoms with Crippen molar-refractivity contribution in [1.82, 2.24) is 0 Å². The maximum Gasteiger partial charge on any atom is 0.273 e. The first-order chi connectivity index (χ1) is 6.66. The van der Waals surface area contributed by atoms with Crippen LogP contribution in [0.1, 0.15) is 18.4 Å². The highest BCUT2D eigenvalue weighted by atomic mass is 16.6. The van der Waals surface area contributed by atoms with E-state index in [2.05, 4.69) is 0 Å². The Balaban J connectivity index is 2.88. The minimum Gasteiger partial charge on any atom is -0.296 e. The average molecular weight is 193 g/mol. The van der Waals surface area contributed by atoms with Gasteiger partial charge in [-0.2, -0.15) is 0 Å². The number of nitro groups is 1. The summed E-state index contributed by atoms with van der Waals surface area (Å²) in [6.45, 7) is 1.68. The summed E-state index contributed by atoms with van der Waals surface area (Å²) in [4.78, 5) is 20.5. The molecule has 4 heteroatoms. The Morgan fingerprint density at radius 2 is 1.93 bits per heavy atom. The van der Waals surface area contributed by atoms with Crippen LogP contribution >= 0.6 is 0 Å². The molecule has 0 radical (unpaired) electrons. The zero-order valence-electron chi connectivity index (χ0n) is 7.79. The Bertz CT molecular complexity index is 323. The van der Waals surface area contributed by atoms with E-state index in [-0.39, 0.29) is 5.92 Å². The largest absolute Gasteiger partial charge is 0.296 e. The van der Waals surface area contributed by atoms with E-state index in [1.807, 2.05) is 6.07 Å². The molecule has 0 spiro atoms. The number of rotatable bonds is 4. The Morgan fingerprint density at radius 3 is 2.36 bits per heavy atom. The highest BCUT2D eigenvalue weighted by Crippen LogP contribution is 2.19. The number of hydrogen-bond donors (Lipinski definition) is 0. The zero-order chi connectivity index (χ0) is 10.6. The molecule has 0 saturated carbocycles. The van der Waals surface area contributed by atoms with Gasteiger partial charge in [-0.3, -0.25) is 14.9 Å². The van der Waals surface area contributed by atoms with E-state index in [4.69, 9.17) is 0 Å². The molecular formula is C10H11NO3. The standard InChI is InChI=1S/C10H11NO3/c1-8(10(7-12)11(13)14)9-5-3-2-4-6-9/h2-8,10H,1H3/t8-,10+/m0/s1. The van der Waals surface area contributed by atoms with Crippen molar-refractivity contribution in [2.75, 3.05) is 0 Å². The van der Waals surface area contributed by atoms with Gasteiger partial charge < -0.3 is 0 Å². The van der Waals surface area contributed by atoms with Gasteiger partial charge in [-0.1, -0.05) is 37.3 Å². The zero-order valence-corrected chi connectivity index (χ0v) is 7.79. The molecule has 0 saturated heterocycles. The summed E-state index contributed by atoms with van der Waals surface area (Å²) in [5.74, 6) is -0.385. The van der Waals surface area contributed by atoms with Gasteiger partial charge in [0.1, 0.15) is 0 Å². The van der Waals surface area contributed by atoms with Crippen molar-refractivity contribution >= 4 is 6.29 Å². The van der Waals surface area contributed by atoms with E-state index >= 15 is 0 Å². The smallest absolute Gasteiger partial charge is 0.273 e. The highest BCUT2D eigenvalue weighted by Gasteiger charge is 2.28. The lowest BCUT2D eigenvalue weighted by molar-refractivity contribution is -0.508. The van der Waals surface area contributed by atoms with Gasteiger partial charge in [0.2, 0.25) is 0 Å². The van der Waals surface area contributed by atoms with E-state index in [1.54, 1.807) is 31.2 Å². The topological polar surface area (TPSA) is 60.2 Å². The van der Waals surface area contributed by atoms with Crippen LogP contribution in [0.2, 0.25) is 0 Å². The van der Waals surface area contributed by atoms with Crippen LogP contribution in [0.3, 0.4) is 0 Å². The first-order valence-electron chi connectivity index (χ1n) is 4.30. The summed E-state index contributed by atoms with van der Waals surface area (Å²) in [6, 6.07) is 7.84. The summed E-state index contributed by atoms with van der Waals surface area (Å²) in [7, 11) is 0. The highest BCUT2D eigenvalue weighted by molar-refractivity contribution is 5.58. The van der Waals surface area contributed by atoms with Gasteiger partial charge in [0.25, 0.3) is 6.04 Å². The third-order valence-corrected chi connectivity index (χ3v) is 2.22. The quantitative estimate of drug-likeness (QED) is 0.415. The maximum atomic E-state index is 10.5. The molecule has 0 bridgehead atoms. The van der Waals surface area contributed by atoms with Crippen LogP contribution in [-0.2, 0) is 4.79 Å². The summed E-state index contributed by atoms with van der Waals surface area (Å²) >= 11 is 0. The predicted octanol–water partition coefficient (Wildman–Crippen LogP) is 1.63. The number of hydrogen-bond acceptors (Lipinski definition) is 3. The van der Waals surface area contributed by atoms with Gasteiger partial charge in [0.15, 0.2) is 6.29 Å². The van der Waals surface area contributed by atoms with Crippen molar-refractivity contribution in [2.45, 2.75) is 18.9 Å². The SMILES string of the molecule is C[C@@H](c1ccccc1)[C@@H](C=O)[N+](=O)[O-]. The van der Waals surface area contributed by atoms with E-state index in [0.717, 1.165) is 5.56 Å². The molecule has 1 rings (SSSR count). The molecule has 0 N–H and O–H groups in total. The molecule has 4 nitrogen and oxygen atoms in total. The van der Waals surface area contributed by atoms with Crippen LogP contribution in [0.25, 0.3) is 0 Å². The molecule has 2 atom stereocenters. The maximum absolute atomic E-state index is 10.5. The van der Waals surface area contributed by atoms with E-state index in [0.29, 0.717) is 6.29 Å². The van der Waals surface area contributed by atoms with Crippen molar-refractivity contribution in [3.8, 4) is 0 Å². The summed E-state index contributed by atoms with van der Waals surface area (Å²) in [5, 5.41) is 10.5. The molecule has 74 valence electrons. The molecule has 0 aliphatic heterocycles. The fraction of sp³-hybridized carbons (Fsp3) is 0.300. The third-order valence-electron chi connectivity index (χ3n) is 2.22. The Kier molecular flexibility index (Phi) is 3.34. The number of nitrogens with zero attached hydrogens (tertiary/aromatic N) is 1. The van der Waals surface area contributed by atoms with E-state index < -0.39 is 11.0 Å². The van der Waals surface area contributed by atoms with Gasteiger partial charge in [0.05, 0.1) is 5.92 Å². The molecule has 0 aromatic heterocycles. The first-order valence-corrected chi connectivity index (χ1v) is 4.30. The van der Waals surface area contributed by atoms with Gasteiger partial charge in [-0.05, 0) is 5.56 Å². The molecule has 0 aliphatic carbocycles. The molecule has 0 amide bonds. The van der Waals surface area contributed by atoms with Crippen LogP contribution in [-0.4, -0.2) is 17.3 Å². The van der Waals surface area contributed by atoms with Gasteiger partial charge in [0, 0.05) is 4.92 Å². The summed E-state index contributed by atoms with van der Waals surface area (Å²) in [6.07, 6.45) is 0.387. The Labute approximate surface area is 81.7 Å². The lowest BCUT2D eigenvalue weighted by Gasteiger charge is -2.11. The molecule has 0 aliphatic rings. The third kappa shape index (κ3) is 2.16. The van der Waals surface area contributed by atoms with E-state index in [9.17, 15) is 14.9 Å². The van der Waals surface area contributed by atoms with E-state index in [1.165, 1.54) is 0 Å². The van der Waals surface area contributed by atoms with Gasteiger partial charge >= 0.3 is 0 Å². The predicted molar refractivity (Wildman–Crippen MR) is 51.7 cm³/mol. The van der Waals surface area contributed by atoms with Crippen molar-refractivity contribution in [3.63, 3.8) is 0 Å². The van der Waals surface area contributed by atoms with Crippen molar-refractivity contribution in [1.29, 1.82) is 0 Å². The summed E-state index contributed by atoms with van der Waals surface area (Å²) < 4.78 is 0. The second kappa shape index (κ2) is 4.50. The van der Waals surface area contributed by atoms with Crippen LogP contribution in [0.4, 0.5) is 0 Å². The van der Waals surface area contributed by atoms with Crippen molar-refractivity contribution < 1.29 is 9.72 Å². The van der Waals surface area contributed by atoms with Crippen molar-refractivity contribution in [3.05, 3.63) is 46.0 Å². The number of aldehydes is 1. The van der Waals surface area contributed by atoms with Gasteiger partial charge in [-0.15, -0.1) is 0 Å². The molecular weight excluding hydrogens is 182 g/mol. The summed E-state index contributed by atoms with van der Waals surface area (Å²) in [5.41, 5.74) is 0.807. The fourth-order valence-electron chi connectivity index (χ4n) is 1.30. The number of carbonyl (C=O) groups excluding carboxylic acids is 1. The number of benzene rings is 1. The second-order valence-electron chi connectivity index (χ2n) is 3.11. The fourth-order valence-corrected chi connectivity index (χ4v) is 1.30. The van der Waals surface area contributed by atoms with Crippen LogP contribution < -0.4 is 0 Å². The molecule has 0 fully saturated rings. The molecule has 14 heavy (non-hydrogen) atoms. The minimum absolute atomic E-state index is 0.385. The molecule has 1 aromatic rings.